The summed E-state index contributed by atoms with van der Waals surface area (Å²) < 4.78 is 41.1. The molecule has 1 saturated carbocycles. The number of hydrogen-bond donors (Lipinski definition) is 1. The number of azo groups is 1. The second-order valence-corrected chi connectivity index (χ2v) is 9.65. The highest BCUT2D eigenvalue weighted by Crippen LogP contribution is 2.50. The monoisotopic (exact) mass is 564 g/mol. The molecular weight excluding hydrogens is 537 g/mol. The molecule has 1 saturated heterocycles. The van der Waals surface area contributed by atoms with E-state index in [4.69, 9.17) is 11.6 Å². The highest BCUT2D eigenvalue weighted by molar-refractivity contribution is 7.59. The standard InChI is InChI=1S/C23H24ClF3N4O3.2H2S/c1-12-7-14(8-16(24)19(12)25)9-17(32)15-4-6-31(13(15)2)21(34)20(33)29-22(10-23(26,27)11-22)18-3-5-28-30-18;;/h3,7-8,13,15H,4-6,9-11H2,1-2H3,(H,29,33);2*1H2/t13-,15-;;/m0../s1. The first-order valence-electron chi connectivity index (χ1n) is 11.0. The van der Waals surface area contributed by atoms with Gasteiger partial charge in [0.2, 0.25) is 0 Å². The minimum Gasteiger partial charge on any atom is -0.336 e. The molecule has 1 aromatic carbocycles. The molecule has 1 aliphatic carbocycles. The predicted octanol–water partition coefficient (Wildman–Crippen LogP) is 4.00. The van der Waals surface area contributed by atoms with Gasteiger partial charge in [-0.2, -0.15) is 37.2 Å². The van der Waals surface area contributed by atoms with Crippen LogP contribution in [0.1, 0.15) is 37.3 Å². The largest absolute Gasteiger partial charge is 0.336 e. The van der Waals surface area contributed by atoms with Gasteiger partial charge in [-0.25, -0.2) is 13.2 Å². The summed E-state index contributed by atoms with van der Waals surface area (Å²) >= 11 is 5.88. The molecule has 0 aromatic heterocycles. The summed E-state index contributed by atoms with van der Waals surface area (Å²) in [5, 5.41) is 10.00. The maximum absolute atomic E-state index is 13.8. The highest BCUT2D eigenvalue weighted by Gasteiger charge is 2.60. The molecule has 0 bridgehead atoms. The van der Waals surface area contributed by atoms with Crippen LogP contribution < -0.4 is 5.32 Å². The van der Waals surface area contributed by atoms with Crippen LogP contribution in [0.3, 0.4) is 0 Å². The van der Waals surface area contributed by atoms with Gasteiger partial charge in [0, 0.05) is 37.8 Å². The van der Waals surface area contributed by atoms with Gasteiger partial charge in [-0.1, -0.05) is 17.7 Å². The average molecular weight is 565 g/mol. The molecule has 0 radical (unpaired) electrons. The lowest BCUT2D eigenvalue weighted by Gasteiger charge is -2.47. The fourth-order valence-electron chi connectivity index (χ4n) is 5.03. The van der Waals surface area contributed by atoms with Gasteiger partial charge in [-0.15, -0.1) is 0 Å². The van der Waals surface area contributed by atoms with Crippen molar-refractivity contribution in [1.29, 1.82) is 0 Å². The molecule has 3 aliphatic rings. The number of amides is 2. The fraction of sp³-hybridized carbons (Fsp3) is 0.522. The van der Waals surface area contributed by atoms with Gasteiger partial charge in [0.25, 0.3) is 5.92 Å². The van der Waals surface area contributed by atoms with Crippen molar-refractivity contribution >= 4 is 56.2 Å². The molecule has 198 valence electrons. The van der Waals surface area contributed by atoms with E-state index in [0.29, 0.717) is 17.5 Å². The summed E-state index contributed by atoms with van der Waals surface area (Å²) in [6, 6.07) is 2.39. The van der Waals surface area contributed by atoms with E-state index in [2.05, 4.69) is 15.5 Å². The van der Waals surface area contributed by atoms with Gasteiger partial charge in [0.1, 0.15) is 11.6 Å². The van der Waals surface area contributed by atoms with Crippen LogP contribution in [-0.2, 0) is 20.8 Å². The normalized spacial score (nSPS) is 23.2. The maximum atomic E-state index is 13.8. The Morgan fingerprint density at radius 3 is 2.44 bits per heavy atom. The molecule has 7 nitrogen and oxygen atoms in total. The molecule has 2 amide bonds. The number of alkyl halides is 2. The Balaban J connectivity index is 0.00000228. The zero-order valence-corrected chi connectivity index (χ0v) is 22.5. The van der Waals surface area contributed by atoms with Crippen LogP contribution >= 0.6 is 38.6 Å². The summed E-state index contributed by atoms with van der Waals surface area (Å²) in [4.78, 5) is 39.8. The number of nitrogens with zero attached hydrogens (tertiary/aromatic N) is 3. The predicted molar refractivity (Wildman–Crippen MR) is 138 cm³/mol. The molecule has 1 aromatic rings. The molecule has 0 spiro atoms. The number of rotatable bonds is 5. The number of aryl methyl sites for hydroxylation is 1. The van der Waals surface area contributed by atoms with E-state index in [1.54, 1.807) is 26.0 Å². The van der Waals surface area contributed by atoms with Crippen LogP contribution in [-0.4, -0.2) is 53.1 Å². The SMILES string of the molecule is Cc1cc(CC(=O)[C@H]2CCN(C(=O)C(=O)NC3(C4=CCN=N4)CC(F)(F)C3)[C@H]2C)cc(Cl)c1F.S.S. The van der Waals surface area contributed by atoms with E-state index in [1.165, 1.54) is 11.0 Å². The van der Waals surface area contributed by atoms with Crippen molar-refractivity contribution in [3.8, 4) is 0 Å². The third-order valence-electron chi connectivity index (χ3n) is 6.78. The van der Waals surface area contributed by atoms with Gasteiger partial charge in [-0.3, -0.25) is 14.4 Å². The minimum absolute atomic E-state index is 0. The lowest BCUT2D eigenvalue weighted by atomic mass is 9.71. The number of hydrogen-bond acceptors (Lipinski definition) is 5. The topological polar surface area (TPSA) is 91.2 Å². The maximum Gasteiger partial charge on any atom is 0.312 e. The van der Waals surface area contributed by atoms with E-state index in [1.807, 2.05) is 0 Å². The quantitative estimate of drug-likeness (QED) is 0.548. The lowest BCUT2D eigenvalue weighted by molar-refractivity contribution is -0.154. The molecular formula is C23H28ClF3N4O3S2. The number of carbonyl (C=O) groups excluding carboxylic acids is 3. The number of carbonyl (C=O) groups is 3. The van der Waals surface area contributed by atoms with Crippen LogP contribution in [0.15, 0.2) is 34.1 Å². The number of benzene rings is 1. The molecule has 36 heavy (non-hydrogen) atoms. The van der Waals surface area contributed by atoms with Gasteiger partial charge >= 0.3 is 11.8 Å². The summed E-state index contributed by atoms with van der Waals surface area (Å²) in [5.74, 6) is -6.07. The number of ketones is 1. The van der Waals surface area contributed by atoms with Crippen LogP contribution in [0.4, 0.5) is 13.2 Å². The first kappa shape index (κ1) is 30.2. The Morgan fingerprint density at radius 2 is 1.89 bits per heavy atom. The van der Waals surface area contributed by atoms with Gasteiger partial charge < -0.3 is 10.2 Å². The Bertz CT molecular complexity index is 1100. The van der Waals surface area contributed by atoms with Gasteiger partial charge in [0.05, 0.1) is 22.8 Å². The molecule has 13 heteroatoms. The molecule has 4 rings (SSSR count). The molecule has 2 atom stereocenters. The summed E-state index contributed by atoms with van der Waals surface area (Å²) in [6.07, 6.45) is 0.619. The molecule has 0 unspecified atom stereocenters. The Hall–Kier alpha value is -2.05. The molecule has 2 heterocycles. The third-order valence-corrected chi connectivity index (χ3v) is 7.06. The van der Waals surface area contributed by atoms with Crippen LogP contribution in [0.2, 0.25) is 5.02 Å². The Labute approximate surface area is 225 Å². The summed E-state index contributed by atoms with van der Waals surface area (Å²) in [6.45, 7) is 3.64. The van der Waals surface area contributed by atoms with Gasteiger partial charge in [0.15, 0.2) is 0 Å². The van der Waals surface area contributed by atoms with Gasteiger partial charge in [-0.05, 0) is 43.5 Å². The number of Topliss-reactive ketones (excluding diaryl/α,β-unsaturated/α-hetero) is 1. The van der Waals surface area contributed by atoms with Crippen molar-refractivity contribution < 1.29 is 27.6 Å². The van der Waals surface area contributed by atoms with Crippen molar-refractivity contribution in [2.45, 2.75) is 57.0 Å². The first-order chi connectivity index (χ1) is 15.9. The molecule has 1 N–H and O–H groups in total. The summed E-state index contributed by atoms with van der Waals surface area (Å²) in [7, 11) is 0. The Morgan fingerprint density at radius 1 is 1.22 bits per heavy atom. The fourth-order valence-corrected chi connectivity index (χ4v) is 5.32. The second kappa shape index (κ2) is 11.1. The van der Waals surface area contributed by atoms with Crippen molar-refractivity contribution in [2.75, 3.05) is 13.1 Å². The van der Waals surface area contributed by atoms with E-state index >= 15 is 0 Å². The highest BCUT2D eigenvalue weighted by atomic mass is 35.5. The second-order valence-electron chi connectivity index (χ2n) is 9.25. The van der Waals surface area contributed by atoms with E-state index in [0.717, 1.165) is 0 Å². The van der Waals surface area contributed by atoms with Crippen molar-refractivity contribution in [3.05, 3.63) is 45.9 Å². The smallest absolute Gasteiger partial charge is 0.312 e. The number of likely N-dealkylation sites (tertiary alicyclic amines) is 1. The van der Waals surface area contributed by atoms with Crippen molar-refractivity contribution in [1.82, 2.24) is 10.2 Å². The lowest BCUT2D eigenvalue weighted by Crippen LogP contribution is -2.65. The van der Waals surface area contributed by atoms with Crippen LogP contribution in [0, 0.1) is 18.7 Å². The Kier molecular flexibility index (Phi) is 9.34. The molecule has 2 fully saturated rings. The van der Waals surface area contributed by atoms with E-state index in [9.17, 15) is 27.6 Å². The minimum atomic E-state index is -2.96. The number of halogens is 4. The number of nitrogens with one attached hydrogen (secondary N) is 1. The van der Waals surface area contributed by atoms with E-state index in [-0.39, 0.29) is 63.0 Å². The van der Waals surface area contributed by atoms with Crippen molar-refractivity contribution in [2.24, 2.45) is 16.1 Å². The van der Waals surface area contributed by atoms with Crippen LogP contribution in [0.25, 0.3) is 0 Å². The van der Waals surface area contributed by atoms with Crippen LogP contribution in [0.5, 0.6) is 0 Å². The van der Waals surface area contributed by atoms with Crippen molar-refractivity contribution in [3.63, 3.8) is 0 Å². The zero-order valence-electron chi connectivity index (χ0n) is 19.7. The molecule has 2 aliphatic heterocycles. The zero-order chi connectivity index (χ0) is 24.8. The first-order valence-corrected chi connectivity index (χ1v) is 11.4. The summed E-state index contributed by atoms with van der Waals surface area (Å²) in [5.41, 5.74) is -0.296. The average Bonchev–Trinajstić information content (AvgIpc) is 3.40. The third kappa shape index (κ3) is 5.75. The van der Waals surface area contributed by atoms with E-state index < -0.39 is 53.9 Å².